The first kappa shape index (κ1) is 17.0. The molecule has 0 radical (unpaired) electrons. The fourth-order valence-electron chi connectivity index (χ4n) is 2.61. The van der Waals surface area contributed by atoms with Gasteiger partial charge in [0.05, 0.1) is 12.3 Å². The van der Waals surface area contributed by atoms with Crippen LogP contribution >= 0.6 is 23.1 Å². The van der Waals surface area contributed by atoms with Crippen LogP contribution in [0.15, 0.2) is 28.7 Å². The van der Waals surface area contributed by atoms with Gasteiger partial charge < -0.3 is 9.13 Å². The van der Waals surface area contributed by atoms with E-state index < -0.39 is 0 Å². The normalized spacial score (nSPS) is 11.2. The van der Waals surface area contributed by atoms with E-state index in [1.807, 2.05) is 31.5 Å². The third-order valence-electron chi connectivity index (χ3n) is 4.15. The van der Waals surface area contributed by atoms with Crippen LogP contribution in [-0.2, 0) is 13.6 Å². The van der Waals surface area contributed by atoms with Crippen molar-refractivity contribution in [2.24, 2.45) is 7.05 Å². The number of thiophene rings is 1. The second kappa shape index (κ2) is 6.94. The molecular weight excluding hydrogens is 340 g/mol. The van der Waals surface area contributed by atoms with Gasteiger partial charge in [-0.25, -0.2) is 0 Å². The Morgan fingerprint density at radius 1 is 1.29 bits per heavy atom. The van der Waals surface area contributed by atoms with Gasteiger partial charge >= 0.3 is 0 Å². The second-order valence-corrected chi connectivity index (χ2v) is 7.73. The van der Waals surface area contributed by atoms with E-state index >= 15 is 0 Å². The quantitative estimate of drug-likeness (QED) is 0.498. The number of carbonyl (C=O) groups excluding carboxylic acids is 1. The lowest BCUT2D eigenvalue weighted by molar-refractivity contribution is 0.102. The van der Waals surface area contributed by atoms with Crippen molar-refractivity contribution in [3.8, 4) is 0 Å². The van der Waals surface area contributed by atoms with Crippen molar-refractivity contribution in [1.29, 1.82) is 0 Å². The van der Waals surface area contributed by atoms with Crippen LogP contribution in [0.25, 0.3) is 0 Å². The number of Topliss-reactive ketones (excluding diaryl/α,β-unsaturated/α-hetero) is 1. The zero-order valence-corrected chi connectivity index (χ0v) is 15.9. The van der Waals surface area contributed by atoms with Gasteiger partial charge in [0, 0.05) is 28.9 Å². The molecule has 0 saturated carbocycles. The molecule has 0 N–H and O–H groups in total. The van der Waals surface area contributed by atoms with Crippen LogP contribution in [0.2, 0.25) is 0 Å². The SMILES string of the molecule is Cc1nnc(SCC(=O)c2cc(C)n(Cc3cccs3)c2C)n1C. The predicted molar refractivity (Wildman–Crippen MR) is 98.1 cm³/mol. The molecule has 3 aromatic heterocycles. The summed E-state index contributed by atoms with van der Waals surface area (Å²) in [6.07, 6.45) is 0. The second-order valence-electron chi connectivity index (χ2n) is 5.75. The van der Waals surface area contributed by atoms with Crippen LogP contribution in [0, 0.1) is 20.8 Å². The molecule has 126 valence electrons. The molecule has 0 spiro atoms. The standard InChI is InChI=1S/C17H20N4OS2/c1-11-8-15(12(2)21(11)9-14-6-5-7-23-14)16(22)10-24-17-19-18-13(3)20(17)4/h5-8H,9-10H2,1-4H3. The zero-order chi connectivity index (χ0) is 17.3. The number of rotatable bonds is 6. The number of hydrogen-bond acceptors (Lipinski definition) is 5. The molecule has 7 heteroatoms. The van der Waals surface area contributed by atoms with Crippen LogP contribution in [0.4, 0.5) is 0 Å². The van der Waals surface area contributed by atoms with Gasteiger partial charge in [0.1, 0.15) is 5.82 Å². The highest BCUT2D eigenvalue weighted by Crippen LogP contribution is 2.22. The van der Waals surface area contributed by atoms with Gasteiger partial charge in [-0.2, -0.15) is 0 Å². The van der Waals surface area contributed by atoms with Gasteiger partial charge in [0.2, 0.25) is 0 Å². The van der Waals surface area contributed by atoms with E-state index in [1.165, 1.54) is 16.6 Å². The summed E-state index contributed by atoms with van der Waals surface area (Å²) >= 11 is 3.17. The Kier molecular flexibility index (Phi) is 4.91. The Labute approximate surface area is 149 Å². The molecule has 0 amide bonds. The van der Waals surface area contributed by atoms with Crippen molar-refractivity contribution < 1.29 is 4.79 Å². The van der Waals surface area contributed by atoms with Gasteiger partial charge in [-0.15, -0.1) is 21.5 Å². The number of nitrogens with zero attached hydrogens (tertiary/aromatic N) is 4. The minimum Gasteiger partial charge on any atom is -0.343 e. The molecule has 3 rings (SSSR count). The molecule has 0 bridgehead atoms. The minimum atomic E-state index is 0.131. The fourth-order valence-corrected chi connectivity index (χ4v) is 4.14. The van der Waals surface area contributed by atoms with Crippen LogP contribution < -0.4 is 0 Å². The van der Waals surface area contributed by atoms with E-state index in [0.717, 1.165) is 34.5 Å². The van der Waals surface area contributed by atoms with E-state index in [2.05, 4.69) is 39.2 Å². The van der Waals surface area contributed by atoms with Crippen LogP contribution in [0.1, 0.15) is 32.4 Å². The molecule has 0 fully saturated rings. The van der Waals surface area contributed by atoms with Gasteiger partial charge in [-0.05, 0) is 38.3 Å². The molecule has 0 aliphatic heterocycles. The average Bonchev–Trinajstić information content (AvgIpc) is 3.24. The van der Waals surface area contributed by atoms with Crippen molar-refractivity contribution in [2.45, 2.75) is 32.5 Å². The Hall–Kier alpha value is -1.86. The summed E-state index contributed by atoms with van der Waals surface area (Å²) in [5.74, 6) is 1.35. The third-order valence-corrected chi connectivity index (χ3v) is 6.03. The number of thioether (sulfide) groups is 1. The van der Waals surface area contributed by atoms with Crippen molar-refractivity contribution >= 4 is 28.9 Å². The first-order chi connectivity index (χ1) is 11.5. The molecule has 3 aromatic rings. The topological polar surface area (TPSA) is 52.7 Å². The van der Waals surface area contributed by atoms with E-state index in [9.17, 15) is 4.79 Å². The molecule has 24 heavy (non-hydrogen) atoms. The maximum absolute atomic E-state index is 12.6. The highest BCUT2D eigenvalue weighted by atomic mass is 32.2. The van der Waals surface area contributed by atoms with Crippen molar-refractivity contribution in [3.05, 3.63) is 51.2 Å². The summed E-state index contributed by atoms with van der Waals surface area (Å²) in [7, 11) is 1.91. The molecule has 0 aliphatic carbocycles. The highest BCUT2D eigenvalue weighted by Gasteiger charge is 2.17. The molecule has 0 atom stereocenters. The van der Waals surface area contributed by atoms with E-state index in [4.69, 9.17) is 0 Å². The zero-order valence-electron chi connectivity index (χ0n) is 14.2. The lowest BCUT2D eigenvalue weighted by Crippen LogP contribution is -2.07. The number of hydrogen-bond donors (Lipinski definition) is 0. The van der Waals surface area contributed by atoms with Crippen molar-refractivity contribution in [3.63, 3.8) is 0 Å². The molecule has 0 aromatic carbocycles. The maximum Gasteiger partial charge on any atom is 0.191 e. The number of ketones is 1. The molecule has 0 unspecified atom stereocenters. The van der Waals surface area contributed by atoms with E-state index in [-0.39, 0.29) is 5.78 Å². The smallest absolute Gasteiger partial charge is 0.191 e. The molecular formula is C17H20N4OS2. The van der Waals surface area contributed by atoms with Crippen molar-refractivity contribution in [2.75, 3.05) is 5.75 Å². The molecule has 3 heterocycles. The summed E-state index contributed by atoms with van der Waals surface area (Å²) in [6.45, 7) is 6.79. The van der Waals surface area contributed by atoms with E-state index in [0.29, 0.717) is 5.75 Å². The first-order valence-corrected chi connectivity index (χ1v) is 9.55. The van der Waals surface area contributed by atoms with Gasteiger partial charge in [-0.3, -0.25) is 4.79 Å². The summed E-state index contributed by atoms with van der Waals surface area (Å²) < 4.78 is 4.11. The Balaban J connectivity index is 1.74. The van der Waals surface area contributed by atoms with Crippen LogP contribution in [0.3, 0.4) is 0 Å². The summed E-state index contributed by atoms with van der Waals surface area (Å²) in [4.78, 5) is 13.9. The molecule has 0 aliphatic rings. The number of carbonyl (C=O) groups is 1. The monoisotopic (exact) mass is 360 g/mol. The number of aromatic nitrogens is 4. The average molecular weight is 361 g/mol. The largest absolute Gasteiger partial charge is 0.343 e. The lowest BCUT2D eigenvalue weighted by Gasteiger charge is -2.08. The Morgan fingerprint density at radius 2 is 2.08 bits per heavy atom. The van der Waals surface area contributed by atoms with Gasteiger partial charge in [-0.1, -0.05) is 17.8 Å². The molecule has 0 saturated heterocycles. The maximum atomic E-state index is 12.6. The lowest BCUT2D eigenvalue weighted by atomic mass is 10.2. The van der Waals surface area contributed by atoms with E-state index in [1.54, 1.807) is 11.3 Å². The molecule has 5 nitrogen and oxygen atoms in total. The third kappa shape index (κ3) is 3.32. The van der Waals surface area contributed by atoms with Crippen LogP contribution in [-0.4, -0.2) is 30.9 Å². The summed E-state index contributed by atoms with van der Waals surface area (Å²) in [5.41, 5.74) is 2.94. The van der Waals surface area contributed by atoms with Crippen molar-refractivity contribution in [1.82, 2.24) is 19.3 Å². The minimum absolute atomic E-state index is 0.131. The van der Waals surface area contributed by atoms with Gasteiger partial charge in [0.15, 0.2) is 10.9 Å². The first-order valence-electron chi connectivity index (χ1n) is 7.68. The summed E-state index contributed by atoms with van der Waals surface area (Å²) in [5, 5.41) is 11.0. The summed E-state index contributed by atoms with van der Waals surface area (Å²) in [6, 6.07) is 6.17. The Bertz CT molecular complexity index is 862. The number of aryl methyl sites for hydroxylation is 2. The Morgan fingerprint density at radius 3 is 2.71 bits per heavy atom. The predicted octanol–water partition coefficient (Wildman–Crippen LogP) is 3.63. The fraction of sp³-hybridized carbons (Fsp3) is 0.353. The highest BCUT2D eigenvalue weighted by molar-refractivity contribution is 7.99. The van der Waals surface area contributed by atoms with Crippen LogP contribution in [0.5, 0.6) is 0 Å². The van der Waals surface area contributed by atoms with Gasteiger partial charge in [0.25, 0.3) is 0 Å².